The summed E-state index contributed by atoms with van der Waals surface area (Å²) in [5, 5.41) is 5.52. The van der Waals surface area contributed by atoms with Crippen molar-refractivity contribution in [2.75, 3.05) is 31.7 Å². The fraction of sp³-hybridized carbons (Fsp3) is 0.375. The third-order valence-electron chi connectivity index (χ3n) is 4.86. The summed E-state index contributed by atoms with van der Waals surface area (Å²) >= 11 is 0. The van der Waals surface area contributed by atoms with Crippen LogP contribution in [0.3, 0.4) is 0 Å². The largest absolute Gasteiger partial charge is 0.490 e. The Labute approximate surface area is 187 Å². The predicted molar refractivity (Wildman–Crippen MR) is 120 cm³/mol. The lowest BCUT2D eigenvalue weighted by Crippen LogP contribution is -2.26. The van der Waals surface area contributed by atoms with Gasteiger partial charge in [-0.1, -0.05) is 6.07 Å². The van der Waals surface area contributed by atoms with Gasteiger partial charge in [0.2, 0.25) is 5.91 Å². The lowest BCUT2D eigenvalue weighted by Gasteiger charge is -2.18. The van der Waals surface area contributed by atoms with Crippen LogP contribution in [0.25, 0.3) is 0 Å². The topological polar surface area (TPSA) is 103 Å². The summed E-state index contributed by atoms with van der Waals surface area (Å²) < 4.78 is 16.5. The molecule has 0 saturated heterocycles. The predicted octanol–water partition coefficient (Wildman–Crippen LogP) is 3.14. The van der Waals surface area contributed by atoms with Crippen LogP contribution < -0.4 is 24.8 Å². The molecule has 0 unspecified atom stereocenters. The minimum atomic E-state index is -0.262. The summed E-state index contributed by atoms with van der Waals surface area (Å²) in [5.41, 5.74) is 1.92. The van der Waals surface area contributed by atoms with Crippen LogP contribution in [-0.2, 0) is 16.0 Å². The zero-order valence-electron chi connectivity index (χ0n) is 18.4. The van der Waals surface area contributed by atoms with Gasteiger partial charge in [-0.2, -0.15) is 0 Å². The first-order valence-electron chi connectivity index (χ1n) is 10.7. The van der Waals surface area contributed by atoms with E-state index >= 15 is 0 Å². The molecule has 0 radical (unpaired) electrons. The number of hydrogen-bond donors (Lipinski definition) is 2. The Morgan fingerprint density at radius 1 is 1.03 bits per heavy atom. The average molecular weight is 440 g/mol. The molecular weight excluding hydrogens is 412 g/mol. The first kappa shape index (κ1) is 23.1. The first-order valence-corrected chi connectivity index (χ1v) is 10.7. The summed E-state index contributed by atoms with van der Waals surface area (Å²) in [6.07, 6.45) is 0.805. The number of ether oxygens (including phenoxy) is 3. The molecule has 8 heteroatoms. The molecule has 0 saturated carbocycles. The molecular formula is C24H28N2O6. The highest BCUT2D eigenvalue weighted by Crippen LogP contribution is 2.29. The maximum atomic E-state index is 12.4. The number of benzene rings is 2. The third-order valence-corrected chi connectivity index (χ3v) is 4.86. The van der Waals surface area contributed by atoms with Gasteiger partial charge in [0.25, 0.3) is 5.91 Å². The highest BCUT2D eigenvalue weighted by atomic mass is 16.5. The van der Waals surface area contributed by atoms with Crippen LogP contribution in [0.1, 0.15) is 42.6 Å². The van der Waals surface area contributed by atoms with Crippen LogP contribution in [0, 0.1) is 0 Å². The Bertz CT molecular complexity index is 988. The maximum Gasteiger partial charge on any atom is 0.262 e. The van der Waals surface area contributed by atoms with E-state index in [1.54, 1.807) is 18.2 Å². The molecule has 2 amide bonds. The minimum Gasteiger partial charge on any atom is -0.490 e. The van der Waals surface area contributed by atoms with Crippen LogP contribution in [0.5, 0.6) is 17.2 Å². The highest BCUT2D eigenvalue weighted by molar-refractivity contribution is 6.01. The lowest BCUT2D eigenvalue weighted by molar-refractivity contribution is -0.121. The number of nitrogens with one attached hydrogen (secondary N) is 2. The molecule has 1 aliphatic heterocycles. The number of carbonyl (C=O) groups excluding carboxylic acids is 3. The molecule has 3 rings (SSSR count). The van der Waals surface area contributed by atoms with E-state index in [0.717, 1.165) is 5.56 Å². The van der Waals surface area contributed by atoms with Crippen LogP contribution in [0.4, 0.5) is 5.69 Å². The van der Waals surface area contributed by atoms with E-state index in [1.807, 2.05) is 32.0 Å². The number of rotatable bonds is 11. The van der Waals surface area contributed by atoms with Gasteiger partial charge in [-0.05, 0) is 56.2 Å². The van der Waals surface area contributed by atoms with Crippen molar-refractivity contribution in [2.45, 2.75) is 33.1 Å². The fourth-order valence-electron chi connectivity index (χ4n) is 3.31. The number of ketones is 1. The standard InChI is InChI=1S/C24H28N2O6/c1-3-30-21-8-5-16(13-22(21)31-4-2)11-12-25-23(28)10-7-19(27)17-6-9-20-18(14-17)26-24(29)15-32-20/h5-6,8-9,13-14H,3-4,7,10-12,15H2,1-2H3,(H,25,28)(H,26,29). The molecule has 0 atom stereocenters. The molecule has 2 aromatic carbocycles. The fourth-order valence-corrected chi connectivity index (χ4v) is 3.31. The van der Waals surface area contributed by atoms with Crippen molar-refractivity contribution in [1.29, 1.82) is 0 Å². The smallest absolute Gasteiger partial charge is 0.262 e. The quantitative estimate of drug-likeness (QED) is 0.521. The summed E-state index contributed by atoms with van der Waals surface area (Å²) in [6, 6.07) is 10.6. The molecule has 0 fully saturated rings. The Morgan fingerprint density at radius 2 is 1.81 bits per heavy atom. The molecule has 0 spiro atoms. The van der Waals surface area contributed by atoms with Crippen molar-refractivity contribution in [1.82, 2.24) is 5.32 Å². The van der Waals surface area contributed by atoms with Crippen LogP contribution in [-0.4, -0.2) is 44.0 Å². The van der Waals surface area contributed by atoms with Gasteiger partial charge in [-0.15, -0.1) is 0 Å². The van der Waals surface area contributed by atoms with Crippen molar-refractivity contribution in [3.05, 3.63) is 47.5 Å². The molecule has 2 aromatic rings. The Hall–Kier alpha value is -3.55. The molecule has 0 bridgehead atoms. The summed E-state index contributed by atoms with van der Waals surface area (Å²) in [4.78, 5) is 36.0. The van der Waals surface area contributed by atoms with E-state index in [0.29, 0.717) is 54.7 Å². The molecule has 170 valence electrons. The van der Waals surface area contributed by atoms with Gasteiger partial charge in [0.1, 0.15) is 5.75 Å². The maximum absolute atomic E-state index is 12.4. The van der Waals surface area contributed by atoms with Crippen molar-refractivity contribution >= 4 is 23.3 Å². The number of fused-ring (bicyclic) bond motifs is 1. The van der Waals surface area contributed by atoms with Crippen LogP contribution in [0.15, 0.2) is 36.4 Å². The van der Waals surface area contributed by atoms with Gasteiger partial charge in [0.05, 0.1) is 18.9 Å². The van der Waals surface area contributed by atoms with Crippen LogP contribution >= 0.6 is 0 Å². The average Bonchev–Trinajstić information content (AvgIpc) is 2.79. The Balaban J connectivity index is 1.45. The van der Waals surface area contributed by atoms with E-state index in [9.17, 15) is 14.4 Å². The van der Waals surface area contributed by atoms with E-state index in [4.69, 9.17) is 14.2 Å². The van der Waals surface area contributed by atoms with Gasteiger partial charge in [0.15, 0.2) is 23.9 Å². The Morgan fingerprint density at radius 3 is 2.59 bits per heavy atom. The van der Waals surface area contributed by atoms with Crippen molar-refractivity contribution in [2.24, 2.45) is 0 Å². The second-order valence-electron chi connectivity index (χ2n) is 7.22. The normalized spacial score (nSPS) is 12.2. The van der Waals surface area contributed by atoms with Gasteiger partial charge >= 0.3 is 0 Å². The highest BCUT2D eigenvalue weighted by Gasteiger charge is 2.18. The van der Waals surface area contributed by atoms with Crippen molar-refractivity contribution < 1.29 is 28.6 Å². The van der Waals surface area contributed by atoms with Crippen LogP contribution in [0.2, 0.25) is 0 Å². The third kappa shape index (κ3) is 6.23. The Kier molecular flexibility index (Phi) is 8.08. The SMILES string of the molecule is CCOc1ccc(CCNC(=O)CCC(=O)c2ccc3c(c2)NC(=O)CO3)cc1OCC. The second kappa shape index (κ2) is 11.2. The molecule has 8 nitrogen and oxygen atoms in total. The van der Waals surface area contributed by atoms with E-state index in [1.165, 1.54) is 0 Å². The number of amides is 2. The van der Waals surface area contributed by atoms with Gasteiger partial charge < -0.3 is 24.8 Å². The summed E-state index contributed by atoms with van der Waals surface area (Å²) in [5.74, 6) is 1.30. The summed E-state index contributed by atoms with van der Waals surface area (Å²) in [7, 11) is 0. The zero-order chi connectivity index (χ0) is 22.9. The molecule has 2 N–H and O–H groups in total. The second-order valence-corrected chi connectivity index (χ2v) is 7.22. The first-order chi connectivity index (χ1) is 15.5. The molecule has 1 heterocycles. The molecule has 0 aliphatic carbocycles. The van der Waals surface area contributed by atoms with Crippen molar-refractivity contribution in [3.8, 4) is 17.2 Å². The number of carbonyl (C=O) groups is 3. The number of anilines is 1. The van der Waals surface area contributed by atoms with E-state index in [-0.39, 0.29) is 37.0 Å². The minimum absolute atomic E-state index is 0.0376. The van der Waals surface area contributed by atoms with Gasteiger partial charge in [0, 0.05) is 24.9 Å². The number of Topliss-reactive ketones (excluding diaryl/α,β-unsaturated/α-hetero) is 1. The van der Waals surface area contributed by atoms with Gasteiger partial charge in [-0.3, -0.25) is 14.4 Å². The zero-order valence-corrected chi connectivity index (χ0v) is 18.4. The van der Waals surface area contributed by atoms with E-state index in [2.05, 4.69) is 10.6 Å². The lowest BCUT2D eigenvalue weighted by atomic mass is 10.0. The monoisotopic (exact) mass is 440 g/mol. The van der Waals surface area contributed by atoms with Gasteiger partial charge in [-0.25, -0.2) is 0 Å². The summed E-state index contributed by atoms with van der Waals surface area (Å²) in [6.45, 7) is 5.35. The number of hydrogen-bond acceptors (Lipinski definition) is 6. The molecule has 1 aliphatic rings. The van der Waals surface area contributed by atoms with E-state index < -0.39 is 0 Å². The van der Waals surface area contributed by atoms with Crippen molar-refractivity contribution in [3.63, 3.8) is 0 Å². The molecule has 0 aromatic heterocycles. The molecule has 32 heavy (non-hydrogen) atoms.